The van der Waals surface area contributed by atoms with Crippen LogP contribution in [0.2, 0.25) is 0 Å². The van der Waals surface area contributed by atoms with Crippen LogP contribution in [0, 0.1) is 11.8 Å². The van der Waals surface area contributed by atoms with Crippen LogP contribution >= 0.6 is 0 Å². The van der Waals surface area contributed by atoms with Gasteiger partial charge >= 0.3 is 0 Å². The molecule has 1 fully saturated rings. The van der Waals surface area contributed by atoms with Gasteiger partial charge in [-0.2, -0.15) is 0 Å². The van der Waals surface area contributed by atoms with Crippen LogP contribution in [-0.4, -0.2) is 36.6 Å². The molecule has 0 spiro atoms. The summed E-state index contributed by atoms with van der Waals surface area (Å²) in [4.78, 5) is 2.73. The maximum atomic E-state index is 3.75. The number of hydrogen-bond donors (Lipinski definition) is 1. The van der Waals surface area contributed by atoms with Crippen molar-refractivity contribution in [3.05, 3.63) is 0 Å². The van der Waals surface area contributed by atoms with Gasteiger partial charge in [-0.25, -0.2) is 0 Å². The van der Waals surface area contributed by atoms with Crippen molar-refractivity contribution in [2.45, 2.75) is 66.0 Å². The highest BCUT2D eigenvalue weighted by Crippen LogP contribution is 2.18. The highest BCUT2D eigenvalue weighted by atomic mass is 15.2. The molecular formula is C15H32N2. The van der Waals surface area contributed by atoms with Crippen molar-refractivity contribution in [1.29, 1.82) is 0 Å². The Hall–Kier alpha value is -0.0800. The molecule has 102 valence electrons. The van der Waals surface area contributed by atoms with Gasteiger partial charge in [-0.3, -0.25) is 4.90 Å². The third kappa shape index (κ3) is 5.39. The zero-order valence-corrected chi connectivity index (χ0v) is 12.5. The monoisotopic (exact) mass is 240 g/mol. The minimum absolute atomic E-state index is 0.713. The molecule has 1 rings (SSSR count). The van der Waals surface area contributed by atoms with Gasteiger partial charge in [0.2, 0.25) is 0 Å². The summed E-state index contributed by atoms with van der Waals surface area (Å²) in [6.45, 7) is 15.3. The van der Waals surface area contributed by atoms with E-state index in [1.165, 1.54) is 38.9 Å². The van der Waals surface area contributed by atoms with Crippen LogP contribution in [0.1, 0.15) is 53.9 Å². The lowest BCUT2D eigenvalue weighted by Crippen LogP contribution is -2.57. The first-order valence-electron chi connectivity index (χ1n) is 7.50. The summed E-state index contributed by atoms with van der Waals surface area (Å²) in [6.07, 6.45) is 3.93. The molecule has 0 aliphatic carbocycles. The first-order valence-corrected chi connectivity index (χ1v) is 7.50. The molecule has 1 aliphatic rings. The molecule has 0 aromatic heterocycles. The smallest absolute Gasteiger partial charge is 0.0223 e. The minimum atomic E-state index is 0.713. The quantitative estimate of drug-likeness (QED) is 0.767. The van der Waals surface area contributed by atoms with Gasteiger partial charge in [0.15, 0.2) is 0 Å². The van der Waals surface area contributed by atoms with Crippen molar-refractivity contribution in [2.24, 2.45) is 11.8 Å². The maximum Gasteiger partial charge on any atom is 0.0223 e. The van der Waals surface area contributed by atoms with Crippen LogP contribution in [0.5, 0.6) is 0 Å². The molecule has 1 saturated heterocycles. The lowest BCUT2D eigenvalue weighted by Gasteiger charge is -2.41. The molecule has 1 heterocycles. The molecule has 0 bridgehead atoms. The number of piperazine rings is 1. The van der Waals surface area contributed by atoms with Crippen molar-refractivity contribution in [3.8, 4) is 0 Å². The van der Waals surface area contributed by atoms with Crippen LogP contribution in [-0.2, 0) is 0 Å². The predicted octanol–water partition coefficient (Wildman–Crippen LogP) is 3.13. The summed E-state index contributed by atoms with van der Waals surface area (Å²) in [5, 5.41) is 3.75. The molecule has 2 nitrogen and oxygen atoms in total. The highest BCUT2D eigenvalue weighted by Gasteiger charge is 2.27. The second kappa shape index (κ2) is 7.38. The van der Waals surface area contributed by atoms with Gasteiger partial charge in [-0.1, -0.05) is 34.6 Å². The molecule has 17 heavy (non-hydrogen) atoms. The number of rotatable bonds is 6. The van der Waals surface area contributed by atoms with Gasteiger partial charge in [0.05, 0.1) is 0 Å². The minimum Gasteiger partial charge on any atom is -0.311 e. The van der Waals surface area contributed by atoms with Crippen LogP contribution in [0.25, 0.3) is 0 Å². The van der Waals surface area contributed by atoms with E-state index in [9.17, 15) is 0 Å². The molecule has 2 atom stereocenters. The Morgan fingerprint density at radius 3 is 2.29 bits per heavy atom. The van der Waals surface area contributed by atoms with Gasteiger partial charge in [-0.15, -0.1) is 0 Å². The fourth-order valence-corrected chi connectivity index (χ4v) is 2.99. The van der Waals surface area contributed by atoms with E-state index in [4.69, 9.17) is 0 Å². The molecule has 2 unspecified atom stereocenters. The Balaban J connectivity index is 2.48. The van der Waals surface area contributed by atoms with E-state index in [1.54, 1.807) is 0 Å². The average molecular weight is 240 g/mol. The van der Waals surface area contributed by atoms with Crippen molar-refractivity contribution >= 4 is 0 Å². The average Bonchev–Trinajstić information content (AvgIpc) is 2.21. The van der Waals surface area contributed by atoms with Gasteiger partial charge in [0.25, 0.3) is 0 Å². The van der Waals surface area contributed by atoms with Crippen molar-refractivity contribution in [1.82, 2.24) is 10.2 Å². The predicted molar refractivity (Wildman–Crippen MR) is 76.4 cm³/mol. The third-order valence-electron chi connectivity index (χ3n) is 3.62. The summed E-state index contributed by atoms with van der Waals surface area (Å²) < 4.78 is 0. The Kier molecular flexibility index (Phi) is 6.50. The molecular weight excluding hydrogens is 208 g/mol. The Morgan fingerprint density at radius 1 is 1.12 bits per heavy atom. The van der Waals surface area contributed by atoms with Crippen LogP contribution in [0.3, 0.4) is 0 Å². The number of nitrogens with one attached hydrogen (secondary N) is 1. The van der Waals surface area contributed by atoms with E-state index < -0.39 is 0 Å². The van der Waals surface area contributed by atoms with Crippen molar-refractivity contribution in [2.75, 3.05) is 19.6 Å². The SMILES string of the molecule is CCCN1CC(CC(C)C)NCC1CC(C)C. The third-order valence-corrected chi connectivity index (χ3v) is 3.62. The summed E-state index contributed by atoms with van der Waals surface area (Å²) in [7, 11) is 0. The largest absolute Gasteiger partial charge is 0.311 e. The van der Waals surface area contributed by atoms with Gasteiger partial charge in [-0.05, 0) is 37.6 Å². The fourth-order valence-electron chi connectivity index (χ4n) is 2.99. The maximum absolute atomic E-state index is 3.75. The lowest BCUT2D eigenvalue weighted by molar-refractivity contribution is 0.107. The normalized spacial score (nSPS) is 27.0. The molecule has 0 amide bonds. The second-order valence-corrected chi connectivity index (χ2v) is 6.51. The Labute approximate surface area is 108 Å². The van der Waals surface area contributed by atoms with Gasteiger partial charge in [0, 0.05) is 25.2 Å². The molecule has 0 aromatic carbocycles. The summed E-state index contributed by atoms with van der Waals surface area (Å²) in [5.74, 6) is 1.61. The number of nitrogens with zero attached hydrogens (tertiary/aromatic N) is 1. The van der Waals surface area contributed by atoms with E-state index >= 15 is 0 Å². The zero-order valence-electron chi connectivity index (χ0n) is 12.5. The summed E-state index contributed by atoms with van der Waals surface area (Å²) in [6, 6.07) is 1.48. The fraction of sp³-hybridized carbons (Fsp3) is 1.00. The first kappa shape index (κ1) is 15.0. The van der Waals surface area contributed by atoms with Gasteiger partial charge < -0.3 is 5.32 Å². The van der Waals surface area contributed by atoms with Crippen LogP contribution < -0.4 is 5.32 Å². The summed E-state index contributed by atoms with van der Waals surface area (Å²) in [5.41, 5.74) is 0. The topological polar surface area (TPSA) is 15.3 Å². The van der Waals surface area contributed by atoms with E-state index in [0.29, 0.717) is 6.04 Å². The molecule has 0 saturated carbocycles. The zero-order chi connectivity index (χ0) is 12.8. The lowest BCUT2D eigenvalue weighted by atomic mass is 9.95. The second-order valence-electron chi connectivity index (χ2n) is 6.51. The molecule has 1 aliphatic heterocycles. The number of hydrogen-bond acceptors (Lipinski definition) is 2. The van der Waals surface area contributed by atoms with E-state index in [1.807, 2.05) is 0 Å². The van der Waals surface area contributed by atoms with Crippen LogP contribution in [0.15, 0.2) is 0 Å². The molecule has 2 heteroatoms. The highest BCUT2D eigenvalue weighted by molar-refractivity contribution is 4.86. The standard InChI is InChI=1S/C15H32N2/c1-6-7-17-11-14(8-12(2)3)16-10-15(17)9-13(4)5/h12-16H,6-11H2,1-5H3. The Morgan fingerprint density at radius 2 is 1.76 bits per heavy atom. The first-order chi connectivity index (χ1) is 8.02. The van der Waals surface area contributed by atoms with Crippen molar-refractivity contribution < 1.29 is 0 Å². The van der Waals surface area contributed by atoms with Crippen LogP contribution in [0.4, 0.5) is 0 Å². The van der Waals surface area contributed by atoms with E-state index in [2.05, 4.69) is 44.8 Å². The molecule has 0 aromatic rings. The van der Waals surface area contributed by atoms with E-state index in [-0.39, 0.29) is 0 Å². The van der Waals surface area contributed by atoms with E-state index in [0.717, 1.165) is 17.9 Å². The molecule has 0 radical (unpaired) electrons. The van der Waals surface area contributed by atoms with Crippen molar-refractivity contribution in [3.63, 3.8) is 0 Å². The van der Waals surface area contributed by atoms with Gasteiger partial charge in [0.1, 0.15) is 0 Å². The Bertz CT molecular complexity index is 201. The summed E-state index contributed by atoms with van der Waals surface area (Å²) >= 11 is 0. The molecule has 1 N–H and O–H groups in total.